The maximum absolute atomic E-state index is 12.5. The molecular weight excluding hydrogens is 420 g/mol. The Hall–Kier alpha value is -2.40. The quantitative estimate of drug-likeness (QED) is 0.624. The van der Waals surface area contributed by atoms with E-state index < -0.39 is 37.8 Å². The molecule has 0 N–H and O–H groups in total. The SMILES string of the molecule is CCOC(=O)c1c(C)n(S(C)(=O)=O)c2ccc(N(C(=O)C(C)C)S(C)(=O)=O)cc12. The zero-order valence-corrected chi connectivity index (χ0v) is 18.7. The van der Waals surface area contributed by atoms with Gasteiger partial charge >= 0.3 is 5.97 Å². The van der Waals surface area contributed by atoms with Gasteiger partial charge in [-0.25, -0.2) is 29.9 Å². The zero-order chi connectivity index (χ0) is 22.3. The van der Waals surface area contributed by atoms with E-state index >= 15 is 0 Å². The molecular formula is C18H24N2O7S2. The van der Waals surface area contributed by atoms with Gasteiger partial charge in [0.15, 0.2) is 0 Å². The zero-order valence-electron chi connectivity index (χ0n) is 17.1. The molecule has 0 fully saturated rings. The number of carbonyl (C=O) groups is 2. The van der Waals surface area contributed by atoms with E-state index in [0.29, 0.717) is 4.31 Å². The van der Waals surface area contributed by atoms with Gasteiger partial charge in [0.05, 0.1) is 35.9 Å². The fraction of sp³-hybridized carbons (Fsp3) is 0.444. The average Bonchev–Trinajstić information content (AvgIpc) is 2.84. The number of benzene rings is 1. The Morgan fingerprint density at radius 2 is 1.72 bits per heavy atom. The summed E-state index contributed by atoms with van der Waals surface area (Å²) < 4.78 is 55.8. The molecule has 0 saturated carbocycles. The van der Waals surface area contributed by atoms with Gasteiger partial charge in [-0.05, 0) is 32.0 Å². The lowest BCUT2D eigenvalue weighted by Gasteiger charge is -2.22. The first-order valence-electron chi connectivity index (χ1n) is 8.78. The highest BCUT2D eigenvalue weighted by atomic mass is 32.2. The normalized spacial score (nSPS) is 12.4. The summed E-state index contributed by atoms with van der Waals surface area (Å²) in [6.07, 6.45) is 1.89. The van der Waals surface area contributed by atoms with Crippen LogP contribution in [0.4, 0.5) is 5.69 Å². The number of hydrogen-bond donors (Lipinski definition) is 0. The Morgan fingerprint density at radius 3 is 2.17 bits per heavy atom. The van der Waals surface area contributed by atoms with E-state index in [4.69, 9.17) is 4.74 Å². The molecule has 0 bridgehead atoms. The highest BCUT2D eigenvalue weighted by molar-refractivity contribution is 7.92. The Balaban J connectivity index is 2.92. The molecule has 2 aromatic rings. The number of esters is 1. The molecule has 0 aliphatic heterocycles. The number of aromatic nitrogens is 1. The van der Waals surface area contributed by atoms with Crippen LogP contribution in [-0.2, 0) is 29.6 Å². The second kappa shape index (κ2) is 7.79. The van der Waals surface area contributed by atoms with Crippen LogP contribution in [0.1, 0.15) is 36.8 Å². The van der Waals surface area contributed by atoms with Crippen LogP contribution in [-0.4, -0.2) is 51.8 Å². The molecule has 11 heteroatoms. The number of nitrogens with zero attached hydrogens (tertiary/aromatic N) is 2. The van der Waals surface area contributed by atoms with Gasteiger partial charge in [0.1, 0.15) is 0 Å². The number of anilines is 1. The molecule has 1 aromatic carbocycles. The fourth-order valence-corrected chi connectivity index (χ4v) is 5.25. The van der Waals surface area contributed by atoms with Gasteiger partial charge in [-0.1, -0.05) is 13.8 Å². The van der Waals surface area contributed by atoms with Crippen LogP contribution in [0, 0.1) is 12.8 Å². The fourth-order valence-electron chi connectivity index (χ4n) is 3.11. The van der Waals surface area contributed by atoms with E-state index in [1.165, 1.54) is 25.1 Å². The molecule has 160 valence electrons. The molecule has 29 heavy (non-hydrogen) atoms. The van der Waals surface area contributed by atoms with Crippen LogP contribution < -0.4 is 4.31 Å². The number of sulfonamides is 1. The molecule has 9 nitrogen and oxygen atoms in total. The van der Waals surface area contributed by atoms with Gasteiger partial charge in [-0.2, -0.15) is 0 Å². The first kappa shape index (κ1) is 22.9. The molecule has 0 atom stereocenters. The Morgan fingerprint density at radius 1 is 1.14 bits per heavy atom. The van der Waals surface area contributed by atoms with E-state index in [1.807, 2.05) is 0 Å². The van der Waals surface area contributed by atoms with Gasteiger partial charge in [0.2, 0.25) is 26.0 Å². The number of ether oxygens (including phenoxy) is 1. The summed E-state index contributed by atoms with van der Waals surface area (Å²) in [5, 5.41) is 0.175. The van der Waals surface area contributed by atoms with E-state index in [-0.39, 0.29) is 34.5 Å². The number of hydrogen-bond acceptors (Lipinski definition) is 7. The van der Waals surface area contributed by atoms with Gasteiger partial charge in [-0.15, -0.1) is 0 Å². The van der Waals surface area contributed by atoms with Crippen LogP contribution in [0.5, 0.6) is 0 Å². The maximum Gasteiger partial charge on any atom is 0.340 e. The molecule has 1 heterocycles. The van der Waals surface area contributed by atoms with Gasteiger partial charge in [0.25, 0.3) is 0 Å². The van der Waals surface area contributed by atoms with Crippen molar-refractivity contribution < 1.29 is 31.2 Å². The summed E-state index contributed by atoms with van der Waals surface area (Å²) in [6, 6.07) is 4.02. The molecule has 0 saturated heterocycles. The highest BCUT2D eigenvalue weighted by Gasteiger charge is 2.30. The van der Waals surface area contributed by atoms with Crippen LogP contribution in [0.25, 0.3) is 10.9 Å². The maximum atomic E-state index is 12.5. The minimum atomic E-state index is -3.96. The van der Waals surface area contributed by atoms with Gasteiger partial charge in [0, 0.05) is 17.0 Å². The predicted octanol–water partition coefficient (Wildman–Crippen LogP) is 1.88. The largest absolute Gasteiger partial charge is 0.462 e. The summed E-state index contributed by atoms with van der Waals surface area (Å²) >= 11 is 0. The van der Waals surface area contributed by atoms with E-state index in [0.717, 1.165) is 16.5 Å². The van der Waals surface area contributed by atoms with Crippen molar-refractivity contribution >= 4 is 48.5 Å². The minimum absolute atomic E-state index is 0.000396. The Bertz CT molecular complexity index is 1190. The van der Waals surface area contributed by atoms with Crippen LogP contribution in [0.2, 0.25) is 0 Å². The number of carbonyl (C=O) groups excluding carboxylic acids is 2. The predicted molar refractivity (Wildman–Crippen MR) is 110 cm³/mol. The first-order chi connectivity index (χ1) is 13.2. The van der Waals surface area contributed by atoms with Crippen molar-refractivity contribution in [2.24, 2.45) is 5.92 Å². The third-order valence-electron chi connectivity index (χ3n) is 4.21. The summed E-state index contributed by atoms with van der Waals surface area (Å²) in [6.45, 7) is 6.27. The molecule has 0 spiro atoms. The first-order valence-corrected chi connectivity index (χ1v) is 12.5. The summed E-state index contributed by atoms with van der Waals surface area (Å²) in [4.78, 5) is 25.0. The van der Waals surface area contributed by atoms with Gasteiger partial charge in [-0.3, -0.25) is 4.79 Å². The lowest BCUT2D eigenvalue weighted by atomic mass is 10.1. The van der Waals surface area contributed by atoms with Crippen molar-refractivity contribution in [1.29, 1.82) is 0 Å². The average molecular weight is 445 g/mol. The van der Waals surface area contributed by atoms with Crippen molar-refractivity contribution in [2.75, 3.05) is 23.4 Å². The summed E-state index contributed by atoms with van der Waals surface area (Å²) in [5.41, 5.74) is 0.330. The van der Waals surface area contributed by atoms with Crippen molar-refractivity contribution in [3.63, 3.8) is 0 Å². The van der Waals surface area contributed by atoms with Gasteiger partial charge < -0.3 is 4.74 Å². The van der Waals surface area contributed by atoms with Crippen molar-refractivity contribution in [3.05, 3.63) is 29.5 Å². The Kier molecular flexibility index (Phi) is 6.15. The summed E-state index contributed by atoms with van der Waals surface area (Å²) in [5.74, 6) is -1.99. The van der Waals surface area contributed by atoms with Crippen molar-refractivity contribution in [2.45, 2.75) is 27.7 Å². The molecule has 0 aliphatic carbocycles. The third-order valence-corrected chi connectivity index (χ3v) is 6.39. The smallest absolute Gasteiger partial charge is 0.340 e. The highest BCUT2D eigenvalue weighted by Crippen LogP contribution is 2.32. The molecule has 0 radical (unpaired) electrons. The monoisotopic (exact) mass is 444 g/mol. The van der Waals surface area contributed by atoms with E-state index in [9.17, 15) is 26.4 Å². The summed E-state index contributed by atoms with van der Waals surface area (Å²) in [7, 11) is -7.73. The second-order valence-corrected chi connectivity index (χ2v) is 10.6. The lowest BCUT2D eigenvalue weighted by molar-refractivity contribution is -0.120. The minimum Gasteiger partial charge on any atom is -0.462 e. The Labute approximate surface area is 170 Å². The molecule has 1 amide bonds. The van der Waals surface area contributed by atoms with Crippen molar-refractivity contribution in [3.8, 4) is 0 Å². The molecule has 0 aliphatic rings. The third kappa shape index (κ3) is 4.30. The number of amides is 1. The van der Waals surface area contributed by atoms with Crippen LogP contribution in [0.15, 0.2) is 18.2 Å². The van der Waals surface area contributed by atoms with Crippen molar-refractivity contribution in [1.82, 2.24) is 3.97 Å². The number of fused-ring (bicyclic) bond motifs is 1. The molecule has 1 aromatic heterocycles. The second-order valence-electron chi connectivity index (χ2n) is 6.93. The topological polar surface area (TPSA) is 120 Å². The lowest BCUT2D eigenvalue weighted by Crippen LogP contribution is -2.38. The van der Waals surface area contributed by atoms with Crippen LogP contribution >= 0.6 is 0 Å². The van der Waals surface area contributed by atoms with E-state index in [2.05, 4.69) is 0 Å². The molecule has 2 rings (SSSR count). The van der Waals surface area contributed by atoms with E-state index in [1.54, 1.807) is 20.8 Å². The molecule has 0 unspecified atom stereocenters. The van der Waals surface area contributed by atoms with Crippen LogP contribution in [0.3, 0.4) is 0 Å². The number of rotatable bonds is 6. The standard InChI is InChI=1S/C18H24N2O7S2/c1-7-27-18(22)16-12(4)19(28(5,23)24)15-9-8-13(10-14(15)16)20(29(6,25)26)17(21)11(2)3/h8-11H,7H2,1-6H3.